The molecule has 0 aliphatic carbocycles. The molecule has 0 aliphatic heterocycles. The number of carbonyl (C=O) groups excluding carboxylic acids is 1. The van der Waals surface area contributed by atoms with Crippen molar-refractivity contribution in [3.8, 4) is 11.4 Å². The van der Waals surface area contributed by atoms with E-state index < -0.39 is 5.91 Å². The van der Waals surface area contributed by atoms with Crippen LogP contribution in [0.15, 0.2) is 23.0 Å². The van der Waals surface area contributed by atoms with E-state index in [1.165, 1.54) is 4.57 Å². The van der Waals surface area contributed by atoms with E-state index in [9.17, 15) is 9.59 Å². The highest BCUT2D eigenvalue weighted by molar-refractivity contribution is 6.01. The number of carbonyl (C=O) groups is 1. The first-order valence-corrected chi connectivity index (χ1v) is 7.69. The summed E-state index contributed by atoms with van der Waals surface area (Å²) in [4.78, 5) is 35.4. The molecule has 0 radical (unpaired) electrons. The Morgan fingerprint density at radius 2 is 1.92 bits per heavy atom. The maximum atomic E-state index is 12.2. The molecule has 3 rings (SSSR count). The van der Waals surface area contributed by atoms with Crippen LogP contribution in [0.2, 0.25) is 0 Å². The number of benzene rings is 1. The molecule has 2 heterocycles. The molecule has 0 fully saturated rings. The molecule has 7 heteroatoms. The predicted octanol–water partition coefficient (Wildman–Crippen LogP) is 2.08. The van der Waals surface area contributed by atoms with Crippen LogP contribution in [0.4, 0.5) is 0 Å². The van der Waals surface area contributed by atoms with Crippen molar-refractivity contribution in [1.29, 1.82) is 0 Å². The van der Waals surface area contributed by atoms with Crippen molar-refractivity contribution >= 4 is 17.1 Å². The third kappa shape index (κ3) is 2.47. The monoisotopic (exact) mass is 325 g/mol. The summed E-state index contributed by atoms with van der Waals surface area (Å²) in [5.74, 6) is -0.336. The highest BCUT2D eigenvalue weighted by Gasteiger charge is 2.20. The van der Waals surface area contributed by atoms with Gasteiger partial charge in [-0.1, -0.05) is 12.1 Å². The predicted molar refractivity (Wildman–Crippen MR) is 92.0 cm³/mol. The van der Waals surface area contributed by atoms with E-state index in [1.54, 1.807) is 0 Å². The molecule has 0 saturated heterocycles. The van der Waals surface area contributed by atoms with Crippen molar-refractivity contribution in [2.75, 3.05) is 0 Å². The van der Waals surface area contributed by atoms with Gasteiger partial charge in [0.25, 0.3) is 5.91 Å². The number of nitrogens with two attached hydrogens (primary N) is 1. The average Bonchev–Trinajstić information content (AvgIpc) is 2.84. The van der Waals surface area contributed by atoms with Gasteiger partial charge in [0.15, 0.2) is 17.2 Å². The molecule has 7 nitrogen and oxygen atoms in total. The number of amides is 1. The Bertz CT molecular complexity index is 1010. The first-order chi connectivity index (χ1) is 11.3. The van der Waals surface area contributed by atoms with Crippen molar-refractivity contribution in [2.24, 2.45) is 5.73 Å². The Hall–Kier alpha value is -2.96. The maximum Gasteiger partial charge on any atom is 0.327 e. The number of aromatic nitrogens is 4. The van der Waals surface area contributed by atoms with Crippen LogP contribution in [0.1, 0.15) is 41.5 Å². The lowest BCUT2D eigenvalue weighted by Crippen LogP contribution is -2.18. The third-order valence-electron chi connectivity index (χ3n) is 4.08. The van der Waals surface area contributed by atoms with Gasteiger partial charge in [-0.2, -0.15) is 0 Å². The first-order valence-electron chi connectivity index (χ1n) is 7.69. The number of nitrogens with zero attached hydrogens (tertiary/aromatic N) is 3. The number of H-pyrrole nitrogens is 1. The zero-order chi connectivity index (χ0) is 17.6. The minimum absolute atomic E-state index is 0.0183. The first kappa shape index (κ1) is 15.9. The van der Waals surface area contributed by atoms with Crippen LogP contribution in [0, 0.1) is 13.8 Å². The third-order valence-corrected chi connectivity index (χ3v) is 4.08. The van der Waals surface area contributed by atoms with Gasteiger partial charge < -0.3 is 10.7 Å². The van der Waals surface area contributed by atoms with Gasteiger partial charge in [0.1, 0.15) is 5.52 Å². The Morgan fingerprint density at radius 3 is 2.50 bits per heavy atom. The standard InChI is InChI=1S/C17H19N5O2/c1-8(2)22-16-13(20-17(22)24)12(14(18)23)19-15(21-16)11-6-5-9(3)10(4)7-11/h5-8H,1-4H3,(H2,18,23)(H,20,24). The summed E-state index contributed by atoms with van der Waals surface area (Å²) in [6.45, 7) is 7.75. The molecule has 0 atom stereocenters. The molecule has 24 heavy (non-hydrogen) atoms. The average molecular weight is 325 g/mol. The Kier molecular flexibility index (Phi) is 3.71. The molecular weight excluding hydrogens is 306 g/mol. The highest BCUT2D eigenvalue weighted by atomic mass is 16.2. The van der Waals surface area contributed by atoms with Crippen LogP contribution in [-0.2, 0) is 0 Å². The van der Waals surface area contributed by atoms with Gasteiger partial charge in [-0.3, -0.25) is 9.36 Å². The zero-order valence-corrected chi connectivity index (χ0v) is 14.0. The normalized spacial score (nSPS) is 11.4. The number of hydrogen-bond acceptors (Lipinski definition) is 4. The van der Waals surface area contributed by atoms with E-state index in [-0.39, 0.29) is 22.9 Å². The summed E-state index contributed by atoms with van der Waals surface area (Å²) < 4.78 is 1.49. The van der Waals surface area contributed by atoms with Crippen molar-refractivity contribution in [1.82, 2.24) is 19.5 Å². The van der Waals surface area contributed by atoms with Gasteiger partial charge >= 0.3 is 5.69 Å². The van der Waals surface area contributed by atoms with Gasteiger partial charge in [0.05, 0.1) is 0 Å². The summed E-state index contributed by atoms with van der Waals surface area (Å²) in [5, 5.41) is 0. The molecule has 1 amide bonds. The number of aryl methyl sites for hydroxylation is 2. The molecule has 0 bridgehead atoms. The van der Waals surface area contributed by atoms with Crippen LogP contribution in [0.25, 0.3) is 22.6 Å². The highest BCUT2D eigenvalue weighted by Crippen LogP contribution is 2.23. The summed E-state index contributed by atoms with van der Waals surface area (Å²) in [7, 11) is 0. The summed E-state index contributed by atoms with van der Waals surface area (Å²) >= 11 is 0. The van der Waals surface area contributed by atoms with E-state index in [2.05, 4.69) is 15.0 Å². The molecule has 3 aromatic rings. The van der Waals surface area contributed by atoms with Gasteiger partial charge in [-0.05, 0) is 44.9 Å². The number of fused-ring (bicyclic) bond motifs is 1. The van der Waals surface area contributed by atoms with E-state index in [0.717, 1.165) is 16.7 Å². The fourth-order valence-corrected chi connectivity index (χ4v) is 2.67. The van der Waals surface area contributed by atoms with E-state index in [1.807, 2.05) is 45.9 Å². The second kappa shape index (κ2) is 5.59. The van der Waals surface area contributed by atoms with Gasteiger partial charge in [-0.25, -0.2) is 14.8 Å². The fourth-order valence-electron chi connectivity index (χ4n) is 2.67. The van der Waals surface area contributed by atoms with Crippen LogP contribution >= 0.6 is 0 Å². The fraction of sp³-hybridized carbons (Fsp3) is 0.294. The molecule has 2 aromatic heterocycles. The number of imidazole rings is 1. The van der Waals surface area contributed by atoms with Crippen molar-refractivity contribution in [2.45, 2.75) is 33.7 Å². The molecule has 3 N–H and O–H groups in total. The summed E-state index contributed by atoms with van der Waals surface area (Å²) in [6, 6.07) is 5.69. The second-order valence-electron chi connectivity index (χ2n) is 6.15. The molecule has 0 unspecified atom stereocenters. The molecule has 0 aliphatic rings. The zero-order valence-electron chi connectivity index (χ0n) is 14.0. The largest absolute Gasteiger partial charge is 0.364 e. The lowest BCUT2D eigenvalue weighted by atomic mass is 10.1. The topological polar surface area (TPSA) is 107 Å². The summed E-state index contributed by atoms with van der Waals surface area (Å²) in [5.41, 5.74) is 8.80. The summed E-state index contributed by atoms with van der Waals surface area (Å²) in [6.07, 6.45) is 0. The van der Waals surface area contributed by atoms with Gasteiger partial charge in [-0.15, -0.1) is 0 Å². The number of hydrogen-bond donors (Lipinski definition) is 2. The maximum absolute atomic E-state index is 12.2. The molecular formula is C17H19N5O2. The second-order valence-corrected chi connectivity index (χ2v) is 6.15. The minimum Gasteiger partial charge on any atom is -0.364 e. The molecule has 124 valence electrons. The number of primary amides is 1. The Morgan fingerprint density at radius 1 is 1.21 bits per heavy atom. The van der Waals surface area contributed by atoms with Crippen molar-refractivity contribution in [3.05, 3.63) is 45.5 Å². The number of aromatic amines is 1. The van der Waals surface area contributed by atoms with Crippen LogP contribution in [-0.4, -0.2) is 25.4 Å². The lowest BCUT2D eigenvalue weighted by Gasteiger charge is -2.09. The van der Waals surface area contributed by atoms with E-state index >= 15 is 0 Å². The number of nitrogens with one attached hydrogen (secondary N) is 1. The van der Waals surface area contributed by atoms with Gasteiger partial charge in [0.2, 0.25) is 0 Å². The Labute approximate surface area is 138 Å². The van der Waals surface area contributed by atoms with Crippen LogP contribution in [0.5, 0.6) is 0 Å². The molecule has 0 spiro atoms. The Balaban J connectivity index is 2.37. The van der Waals surface area contributed by atoms with Crippen molar-refractivity contribution < 1.29 is 4.79 Å². The van der Waals surface area contributed by atoms with Gasteiger partial charge in [0, 0.05) is 11.6 Å². The minimum atomic E-state index is -0.704. The van der Waals surface area contributed by atoms with E-state index in [4.69, 9.17) is 5.73 Å². The van der Waals surface area contributed by atoms with Crippen molar-refractivity contribution in [3.63, 3.8) is 0 Å². The van der Waals surface area contributed by atoms with Crippen LogP contribution in [0.3, 0.4) is 0 Å². The number of rotatable bonds is 3. The quantitative estimate of drug-likeness (QED) is 0.768. The smallest absolute Gasteiger partial charge is 0.327 e. The van der Waals surface area contributed by atoms with E-state index in [0.29, 0.717) is 11.5 Å². The SMILES string of the molecule is Cc1ccc(-c2nc(C(N)=O)c3[nH]c(=O)n(C(C)C)c3n2)cc1C. The lowest BCUT2D eigenvalue weighted by molar-refractivity contribution is 0.0997. The molecule has 1 aromatic carbocycles. The molecule has 0 saturated carbocycles. The van der Waals surface area contributed by atoms with Crippen LogP contribution < -0.4 is 11.4 Å².